The third kappa shape index (κ3) is 3.92. The molecule has 1 fully saturated rings. The minimum absolute atomic E-state index is 0.0267. The summed E-state index contributed by atoms with van der Waals surface area (Å²) in [5.74, 6) is 0.865. The van der Waals surface area contributed by atoms with E-state index >= 15 is 0 Å². The number of rotatable bonds is 6. The molecule has 140 valence electrons. The molecule has 2 aromatic rings. The van der Waals surface area contributed by atoms with Crippen LogP contribution >= 0.6 is 11.8 Å². The predicted octanol–water partition coefficient (Wildman–Crippen LogP) is 3.01. The van der Waals surface area contributed by atoms with Crippen LogP contribution in [0.1, 0.15) is 20.8 Å². The first-order valence-electron chi connectivity index (χ1n) is 9.10. The van der Waals surface area contributed by atoms with Gasteiger partial charge in [0.1, 0.15) is 5.44 Å². The lowest BCUT2D eigenvalue weighted by atomic mass is 10.2. The molecule has 1 aliphatic heterocycles. The first-order valence-corrected chi connectivity index (χ1v) is 12.1. The predicted molar refractivity (Wildman–Crippen MR) is 112 cm³/mol. The highest BCUT2D eigenvalue weighted by Gasteiger charge is 2.50. The normalized spacial score (nSPS) is 21.1. The van der Waals surface area contributed by atoms with Gasteiger partial charge in [0.2, 0.25) is 0 Å². The summed E-state index contributed by atoms with van der Waals surface area (Å²) in [4.78, 5) is 0. The average molecular weight is 389 g/mol. The maximum atomic E-state index is 9.32. The molecule has 0 aromatic heterocycles. The van der Waals surface area contributed by atoms with E-state index in [1.54, 1.807) is 11.8 Å². The number of hydrogen-bond acceptors (Lipinski definition) is 4. The number of benzene rings is 2. The largest absolute Gasteiger partial charge is 0.405 e. The summed E-state index contributed by atoms with van der Waals surface area (Å²) in [6.07, 6.45) is 0.0267. The number of ether oxygens (including phenoxy) is 1. The van der Waals surface area contributed by atoms with Crippen LogP contribution in [0, 0.1) is 0 Å². The van der Waals surface area contributed by atoms with Crippen LogP contribution in [0.15, 0.2) is 60.7 Å². The minimum atomic E-state index is -2.50. The Morgan fingerprint density at radius 2 is 1.58 bits per heavy atom. The summed E-state index contributed by atoms with van der Waals surface area (Å²) in [7, 11) is -2.50. The van der Waals surface area contributed by atoms with Gasteiger partial charge in [-0.15, -0.1) is 11.8 Å². The van der Waals surface area contributed by atoms with E-state index in [1.807, 2.05) is 0 Å². The minimum Gasteiger partial charge on any atom is -0.405 e. The SMILES string of the molecule is CC(C)(C)[Si](OC[C@H]1CS[C@@H](CO)O1)(c1ccccc1)c1ccccc1. The van der Waals surface area contributed by atoms with Crippen LogP contribution in [0.3, 0.4) is 0 Å². The Bertz CT molecular complexity index is 648. The molecule has 2 atom stereocenters. The van der Waals surface area contributed by atoms with E-state index in [0.717, 1.165) is 5.75 Å². The van der Waals surface area contributed by atoms with Crippen molar-refractivity contribution < 1.29 is 14.3 Å². The zero-order valence-electron chi connectivity index (χ0n) is 15.7. The van der Waals surface area contributed by atoms with Crippen molar-refractivity contribution in [2.45, 2.75) is 37.3 Å². The van der Waals surface area contributed by atoms with Crippen LogP contribution in [-0.4, -0.2) is 43.9 Å². The van der Waals surface area contributed by atoms with Gasteiger partial charge in [-0.2, -0.15) is 0 Å². The summed E-state index contributed by atoms with van der Waals surface area (Å²) in [5.41, 5.74) is -0.122. The molecule has 3 rings (SSSR count). The monoisotopic (exact) mass is 388 g/mol. The van der Waals surface area contributed by atoms with Crippen molar-refractivity contribution in [2.24, 2.45) is 0 Å². The van der Waals surface area contributed by atoms with E-state index in [4.69, 9.17) is 9.16 Å². The van der Waals surface area contributed by atoms with Crippen molar-refractivity contribution in [3.8, 4) is 0 Å². The van der Waals surface area contributed by atoms with Crippen LogP contribution in [0.5, 0.6) is 0 Å². The van der Waals surface area contributed by atoms with Gasteiger partial charge in [-0.1, -0.05) is 81.4 Å². The Morgan fingerprint density at radius 3 is 2.00 bits per heavy atom. The molecule has 1 saturated heterocycles. The van der Waals surface area contributed by atoms with E-state index in [1.165, 1.54) is 10.4 Å². The van der Waals surface area contributed by atoms with Crippen LogP contribution in [0.4, 0.5) is 0 Å². The fourth-order valence-electron chi connectivity index (χ4n) is 3.67. The molecule has 1 N–H and O–H groups in total. The topological polar surface area (TPSA) is 38.7 Å². The maximum absolute atomic E-state index is 9.32. The van der Waals surface area contributed by atoms with Crippen molar-refractivity contribution in [1.82, 2.24) is 0 Å². The standard InChI is InChI=1S/C21H28O3SSi/c1-21(2,3)26(18-10-6-4-7-11-18,19-12-8-5-9-13-19)23-15-17-16-25-20(14-22)24-17/h4-13,17,20,22H,14-16H2,1-3H3/t17-,20-/m0/s1. The molecule has 26 heavy (non-hydrogen) atoms. The third-order valence-corrected chi connectivity index (χ3v) is 11.1. The zero-order chi connectivity index (χ0) is 18.6. The van der Waals surface area contributed by atoms with Gasteiger partial charge in [-0.3, -0.25) is 0 Å². The van der Waals surface area contributed by atoms with Crippen molar-refractivity contribution in [1.29, 1.82) is 0 Å². The highest BCUT2D eigenvalue weighted by Crippen LogP contribution is 2.37. The smallest absolute Gasteiger partial charge is 0.261 e. The van der Waals surface area contributed by atoms with Gasteiger partial charge in [0.25, 0.3) is 8.32 Å². The van der Waals surface area contributed by atoms with Crippen molar-refractivity contribution in [2.75, 3.05) is 19.0 Å². The van der Waals surface area contributed by atoms with Crippen molar-refractivity contribution >= 4 is 30.5 Å². The van der Waals surface area contributed by atoms with Crippen molar-refractivity contribution in [3.05, 3.63) is 60.7 Å². The quantitative estimate of drug-likeness (QED) is 0.772. The molecule has 5 heteroatoms. The van der Waals surface area contributed by atoms with Gasteiger partial charge in [-0.25, -0.2) is 0 Å². The molecule has 3 nitrogen and oxygen atoms in total. The van der Waals surface area contributed by atoms with E-state index < -0.39 is 8.32 Å². The average Bonchev–Trinajstić information content (AvgIpc) is 3.11. The summed E-state index contributed by atoms with van der Waals surface area (Å²) in [5, 5.41) is 11.9. The molecule has 0 aliphatic carbocycles. The van der Waals surface area contributed by atoms with Gasteiger partial charge in [-0.05, 0) is 15.4 Å². The molecular formula is C21H28O3SSi. The highest BCUT2D eigenvalue weighted by molar-refractivity contribution is 8.00. The number of aliphatic hydroxyl groups is 1. The molecular weight excluding hydrogens is 360 g/mol. The number of aliphatic hydroxyl groups excluding tert-OH is 1. The van der Waals surface area contributed by atoms with Crippen molar-refractivity contribution in [3.63, 3.8) is 0 Å². The highest BCUT2D eigenvalue weighted by atomic mass is 32.2. The fraction of sp³-hybridized carbons (Fsp3) is 0.429. The van der Waals surface area contributed by atoms with E-state index in [9.17, 15) is 5.11 Å². The van der Waals surface area contributed by atoms with E-state index in [-0.39, 0.29) is 23.2 Å². The Labute approximate surface area is 161 Å². The van der Waals surface area contributed by atoms with Gasteiger partial charge in [0.05, 0.1) is 19.3 Å². The first-order chi connectivity index (χ1) is 12.5. The number of hydrogen-bond donors (Lipinski definition) is 1. The second-order valence-corrected chi connectivity index (χ2v) is 13.2. The molecule has 1 aliphatic rings. The summed E-state index contributed by atoms with van der Waals surface area (Å²) in [6.45, 7) is 7.44. The molecule has 0 unspecified atom stereocenters. The second-order valence-electron chi connectivity index (χ2n) is 7.68. The lowest BCUT2D eigenvalue weighted by molar-refractivity contribution is 0.00942. The second kappa shape index (κ2) is 8.27. The first kappa shape index (κ1) is 19.6. The Balaban J connectivity index is 1.98. The molecule has 2 aromatic carbocycles. The van der Waals surface area contributed by atoms with E-state index in [2.05, 4.69) is 81.4 Å². The zero-order valence-corrected chi connectivity index (χ0v) is 17.5. The Kier molecular flexibility index (Phi) is 6.25. The van der Waals surface area contributed by atoms with Gasteiger partial charge < -0.3 is 14.3 Å². The Hall–Kier alpha value is -1.11. The van der Waals surface area contributed by atoms with Crippen LogP contribution in [0.25, 0.3) is 0 Å². The van der Waals surface area contributed by atoms with E-state index in [0.29, 0.717) is 6.61 Å². The fourth-order valence-corrected chi connectivity index (χ4v) is 9.21. The summed E-state index contributed by atoms with van der Waals surface area (Å²) in [6, 6.07) is 21.3. The number of thioether (sulfide) groups is 1. The lowest BCUT2D eigenvalue weighted by Crippen LogP contribution is -2.67. The van der Waals surface area contributed by atoms with Gasteiger partial charge in [0, 0.05) is 5.75 Å². The van der Waals surface area contributed by atoms with Gasteiger partial charge in [0.15, 0.2) is 0 Å². The molecule has 0 saturated carbocycles. The third-order valence-electron chi connectivity index (χ3n) is 4.86. The maximum Gasteiger partial charge on any atom is 0.261 e. The van der Waals surface area contributed by atoms with Crippen LogP contribution in [0.2, 0.25) is 5.04 Å². The molecule has 0 spiro atoms. The van der Waals surface area contributed by atoms with Crippen LogP contribution < -0.4 is 10.4 Å². The summed E-state index contributed by atoms with van der Waals surface area (Å²) >= 11 is 1.66. The summed E-state index contributed by atoms with van der Waals surface area (Å²) < 4.78 is 12.8. The lowest BCUT2D eigenvalue weighted by Gasteiger charge is -2.43. The molecule has 0 radical (unpaired) electrons. The molecule has 0 bridgehead atoms. The van der Waals surface area contributed by atoms with Gasteiger partial charge >= 0.3 is 0 Å². The van der Waals surface area contributed by atoms with Crippen LogP contribution in [-0.2, 0) is 9.16 Å². The molecule has 0 amide bonds. The molecule has 1 heterocycles. The Morgan fingerprint density at radius 1 is 1.04 bits per heavy atom.